The van der Waals surface area contributed by atoms with Crippen molar-refractivity contribution in [3.63, 3.8) is 0 Å². The van der Waals surface area contributed by atoms with E-state index in [9.17, 15) is 10.1 Å². The molecule has 3 rings (SSSR count). The Kier molecular flexibility index (Phi) is 6.00. The Bertz CT molecular complexity index is 928. The number of benzene rings is 2. The maximum absolute atomic E-state index is 13.0. The first kappa shape index (κ1) is 18.8. The molecule has 1 aliphatic heterocycles. The third-order valence-corrected chi connectivity index (χ3v) is 5.08. The van der Waals surface area contributed by atoms with Crippen LogP contribution in [0.4, 0.5) is 0 Å². The summed E-state index contributed by atoms with van der Waals surface area (Å²) >= 11 is 1.46. The Balaban J connectivity index is 2.29. The van der Waals surface area contributed by atoms with Gasteiger partial charge in [-0.25, -0.2) is 4.79 Å². The maximum Gasteiger partial charge on any atom is 0.337 e. The normalized spacial score (nSPS) is 16.6. The molecule has 1 heterocycles. The van der Waals surface area contributed by atoms with Crippen LogP contribution in [0, 0.1) is 11.3 Å². The van der Waals surface area contributed by atoms with Crippen molar-refractivity contribution in [2.24, 2.45) is 0 Å². The van der Waals surface area contributed by atoms with Gasteiger partial charge >= 0.3 is 5.97 Å². The van der Waals surface area contributed by atoms with E-state index in [1.165, 1.54) is 11.8 Å². The lowest BCUT2D eigenvalue weighted by molar-refractivity contribution is -0.138. The van der Waals surface area contributed by atoms with Gasteiger partial charge in [-0.1, -0.05) is 60.7 Å². The van der Waals surface area contributed by atoms with E-state index in [1.807, 2.05) is 66.9 Å². The van der Waals surface area contributed by atoms with Crippen LogP contribution in [0.3, 0.4) is 0 Å². The number of carbonyl (C=O) groups is 1. The van der Waals surface area contributed by atoms with Gasteiger partial charge in [0.05, 0.1) is 40.5 Å². The van der Waals surface area contributed by atoms with Crippen molar-refractivity contribution in [1.29, 1.82) is 5.26 Å². The van der Waals surface area contributed by atoms with Gasteiger partial charge in [0.15, 0.2) is 0 Å². The summed E-state index contributed by atoms with van der Waals surface area (Å²) in [4.78, 5) is 13.0. The van der Waals surface area contributed by atoms with Gasteiger partial charge in [0, 0.05) is 0 Å². The molecule has 0 amide bonds. The predicted octanol–water partition coefficient (Wildman–Crippen LogP) is 4.45. The highest BCUT2D eigenvalue weighted by Crippen LogP contribution is 2.42. The van der Waals surface area contributed by atoms with Gasteiger partial charge in [0.2, 0.25) is 0 Å². The molecule has 136 valence electrons. The van der Waals surface area contributed by atoms with E-state index in [1.54, 1.807) is 6.92 Å². The van der Waals surface area contributed by atoms with Crippen molar-refractivity contribution in [2.75, 3.05) is 12.9 Å². The molecule has 1 aliphatic rings. The lowest BCUT2D eigenvalue weighted by atomic mass is 9.81. The highest BCUT2D eigenvalue weighted by Gasteiger charge is 2.36. The van der Waals surface area contributed by atoms with E-state index in [0.29, 0.717) is 16.8 Å². The van der Waals surface area contributed by atoms with E-state index >= 15 is 0 Å². The third-order valence-electron chi connectivity index (χ3n) is 4.35. The molecule has 0 fully saturated rings. The van der Waals surface area contributed by atoms with E-state index in [-0.39, 0.29) is 6.61 Å². The van der Waals surface area contributed by atoms with Crippen molar-refractivity contribution in [1.82, 2.24) is 5.32 Å². The van der Waals surface area contributed by atoms with Crippen LogP contribution >= 0.6 is 11.8 Å². The highest BCUT2D eigenvalue weighted by molar-refractivity contribution is 8.02. The number of carbonyl (C=O) groups excluding carboxylic acids is 1. The number of ether oxygens (including phenoxy) is 1. The SMILES string of the molecule is CCOC(=O)C1=C(c2ccccc2)NC(SC)=C(C#N)[C@H]1c1ccccc1. The van der Waals surface area contributed by atoms with Gasteiger partial charge in [0.25, 0.3) is 0 Å². The summed E-state index contributed by atoms with van der Waals surface area (Å²) in [6.45, 7) is 2.05. The average Bonchev–Trinajstić information content (AvgIpc) is 2.73. The molecule has 27 heavy (non-hydrogen) atoms. The fraction of sp³-hybridized carbons (Fsp3) is 0.182. The maximum atomic E-state index is 13.0. The second kappa shape index (κ2) is 8.61. The van der Waals surface area contributed by atoms with Gasteiger partial charge in [-0.05, 0) is 24.3 Å². The van der Waals surface area contributed by atoms with E-state index in [2.05, 4.69) is 11.4 Å². The quantitative estimate of drug-likeness (QED) is 0.782. The monoisotopic (exact) mass is 376 g/mol. The smallest absolute Gasteiger partial charge is 0.337 e. The van der Waals surface area contributed by atoms with Gasteiger partial charge in [0.1, 0.15) is 0 Å². The summed E-state index contributed by atoms with van der Waals surface area (Å²) in [5, 5.41) is 13.9. The van der Waals surface area contributed by atoms with Gasteiger partial charge in [-0.2, -0.15) is 5.26 Å². The number of esters is 1. The molecule has 1 atom stereocenters. The van der Waals surface area contributed by atoms with Crippen LogP contribution in [-0.4, -0.2) is 18.8 Å². The number of nitrogens with zero attached hydrogens (tertiary/aromatic N) is 1. The van der Waals surface area contributed by atoms with Crippen molar-refractivity contribution >= 4 is 23.4 Å². The number of dihydropyridines is 1. The van der Waals surface area contributed by atoms with Crippen LogP contribution in [0.15, 0.2) is 76.8 Å². The molecule has 5 heteroatoms. The number of hydrogen-bond acceptors (Lipinski definition) is 5. The topological polar surface area (TPSA) is 62.1 Å². The molecule has 0 unspecified atom stereocenters. The minimum atomic E-state index is -0.478. The number of nitrogens with one attached hydrogen (secondary N) is 1. The Morgan fingerprint density at radius 1 is 1.15 bits per heavy atom. The van der Waals surface area contributed by atoms with Crippen molar-refractivity contribution in [3.05, 3.63) is 88.0 Å². The number of hydrogen-bond donors (Lipinski definition) is 1. The molecule has 0 saturated heterocycles. The Labute approximate surface area is 163 Å². The van der Waals surface area contributed by atoms with Crippen LogP contribution in [0.25, 0.3) is 5.70 Å². The van der Waals surface area contributed by atoms with Crippen LogP contribution < -0.4 is 5.32 Å². The zero-order valence-corrected chi connectivity index (χ0v) is 16.0. The molecule has 0 bridgehead atoms. The van der Waals surface area contributed by atoms with Gasteiger partial charge in [-0.15, -0.1) is 11.8 Å². The average molecular weight is 376 g/mol. The molecular weight excluding hydrogens is 356 g/mol. The summed E-state index contributed by atoms with van der Waals surface area (Å²) in [7, 11) is 0. The number of rotatable bonds is 5. The predicted molar refractivity (Wildman–Crippen MR) is 108 cm³/mol. The molecular formula is C22H20N2O2S. The number of thioether (sulfide) groups is 1. The number of allylic oxidation sites excluding steroid dienone is 1. The second-order valence-corrected chi connectivity index (χ2v) is 6.72. The number of nitriles is 1. The van der Waals surface area contributed by atoms with Crippen LogP contribution in [0.5, 0.6) is 0 Å². The molecule has 0 saturated carbocycles. The zero-order valence-electron chi connectivity index (χ0n) is 15.2. The first-order chi connectivity index (χ1) is 13.2. The molecule has 1 N–H and O–H groups in total. The Morgan fingerprint density at radius 3 is 2.33 bits per heavy atom. The summed E-state index contributed by atoms with van der Waals surface area (Å²) in [6, 6.07) is 21.6. The van der Waals surface area contributed by atoms with Gasteiger partial charge < -0.3 is 10.1 Å². The fourth-order valence-corrected chi connectivity index (χ4v) is 3.77. The third kappa shape index (κ3) is 3.76. The summed E-state index contributed by atoms with van der Waals surface area (Å²) in [5.74, 6) is -0.889. The molecule has 0 radical (unpaired) electrons. The molecule has 0 aromatic heterocycles. The largest absolute Gasteiger partial charge is 0.463 e. The first-order valence-electron chi connectivity index (χ1n) is 8.68. The molecule has 2 aromatic rings. The van der Waals surface area contributed by atoms with E-state index in [0.717, 1.165) is 16.2 Å². The standard InChI is InChI=1S/C22H20N2O2S/c1-3-26-22(25)19-18(15-10-6-4-7-11-15)17(14-23)21(27-2)24-20(19)16-12-8-5-9-13-16/h4-13,18,24H,3H2,1-2H3/t18-/m1/s1. The first-order valence-corrected chi connectivity index (χ1v) is 9.90. The Hall–Kier alpha value is -2.97. The molecule has 0 aliphatic carbocycles. The zero-order chi connectivity index (χ0) is 19.2. The molecule has 0 spiro atoms. The Morgan fingerprint density at radius 2 is 1.78 bits per heavy atom. The minimum Gasteiger partial charge on any atom is -0.463 e. The molecule has 2 aromatic carbocycles. The molecule has 4 nitrogen and oxygen atoms in total. The van der Waals surface area contributed by atoms with E-state index in [4.69, 9.17) is 4.74 Å². The van der Waals surface area contributed by atoms with Gasteiger partial charge in [-0.3, -0.25) is 0 Å². The second-order valence-electron chi connectivity index (χ2n) is 5.90. The van der Waals surface area contributed by atoms with Crippen LogP contribution in [-0.2, 0) is 9.53 Å². The van der Waals surface area contributed by atoms with Crippen LogP contribution in [0.1, 0.15) is 24.0 Å². The summed E-state index contributed by atoms with van der Waals surface area (Å²) in [6.07, 6.45) is 1.92. The highest BCUT2D eigenvalue weighted by atomic mass is 32.2. The van der Waals surface area contributed by atoms with Crippen molar-refractivity contribution in [3.8, 4) is 6.07 Å². The van der Waals surface area contributed by atoms with Crippen molar-refractivity contribution < 1.29 is 9.53 Å². The summed E-state index contributed by atoms with van der Waals surface area (Å²) in [5.41, 5.74) is 3.44. The van der Waals surface area contributed by atoms with E-state index < -0.39 is 11.9 Å². The minimum absolute atomic E-state index is 0.271. The fourth-order valence-electron chi connectivity index (χ4n) is 3.18. The summed E-state index contributed by atoms with van der Waals surface area (Å²) < 4.78 is 5.37. The lowest BCUT2D eigenvalue weighted by Gasteiger charge is -2.30. The lowest BCUT2D eigenvalue weighted by Crippen LogP contribution is -2.29. The van der Waals surface area contributed by atoms with Crippen LogP contribution in [0.2, 0.25) is 0 Å². The van der Waals surface area contributed by atoms with Crippen molar-refractivity contribution in [2.45, 2.75) is 12.8 Å².